The lowest BCUT2D eigenvalue weighted by molar-refractivity contribution is 0.00274. The number of benzene rings is 1. The van der Waals surface area contributed by atoms with E-state index < -0.39 is 10.9 Å². The molecule has 1 saturated carbocycles. The molecule has 2 aromatic rings. The van der Waals surface area contributed by atoms with Crippen molar-refractivity contribution in [3.05, 3.63) is 53.8 Å². The Labute approximate surface area is 167 Å². The van der Waals surface area contributed by atoms with Crippen molar-refractivity contribution in [2.45, 2.75) is 57.2 Å². The summed E-state index contributed by atoms with van der Waals surface area (Å²) in [7, 11) is 0. The first kappa shape index (κ1) is 18.8. The first-order valence-corrected chi connectivity index (χ1v) is 10.1. The Balaban J connectivity index is 1.52. The van der Waals surface area contributed by atoms with E-state index in [9.17, 15) is 9.59 Å². The van der Waals surface area contributed by atoms with Crippen molar-refractivity contribution in [1.29, 1.82) is 0 Å². The van der Waals surface area contributed by atoms with E-state index in [0.29, 0.717) is 28.0 Å². The van der Waals surface area contributed by atoms with Crippen LogP contribution in [0.4, 0.5) is 11.4 Å². The van der Waals surface area contributed by atoms with Crippen molar-refractivity contribution >= 4 is 34.6 Å². The molecule has 144 valence electrons. The molecular formula is C20H22Cl2N2O3. The highest BCUT2D eigenvalue weighted by Gasteiger charge is 2.47. The SMILES string of the molecule is Cc1cc(Cl)cc(Cl)c1CNc1c(NC2CCCC23CCCO3)c(=O)c1=O. The molecule has 2 unspecified atom stereocenters. The number of anilines is 2. The highest BCUT2D eigenvalue weighted by molar-refractivity contribution is 6.35. The normalized spacial score (nSPS) is 24.8. The van der Waals surface area contributed by atoms with Crippen LogP contribution in [0.5, 0.6) is 0 Å². The molecule has 1 aliphatic carbocycles. The third kappa shape index (κ3) is 3.26. The third-order valence-electron chi connectivity index (χ3n) is 5.92. The van der Waals surface area contributed by atoms with Crippen molar-refractivity contribution in [2.75, 3.05) is 17.2 Å². The molecule has 1 saturated heterocycles. The van der Waals surface area contributed by atoms with Gasteiger partial charge in [-0.1, -0.05) is 23.2 Å². The van der Waals surface area contributed by atoms with Gasteiger partial charge in [0.1, 0.15) is 11.4 Å². The van der Waals surface area contributed by atoms with Gasteiger partial charge in [0.25, 0.3) is 10.9 Å². The maximum Gasteiger partial charge on any atom is 0.253 e. The largest absolute Gasteiger partial charge is 0.376 e. The highest BCUT2D eigenvalue weighted by Crippen LogP contribution is 2.42. The van der Waals surface area contributed by atoms with Crippen molar-refractivity contribution < 1.29 is 4.74 Å². The van der Waals surface area contributed by atoms with Crippen LogP contribution < -0.4 is 21.5 Å². The second-order valence-corrected chi connectivity index (χ2v) is 8.39. The van der Waals surface area contributed by atoms with Crippen LogP contribution in [0.3, 0.4) is 0 Å². The molecule has 2 fully saturated rings. The van der Waals surface area contributed by atoms with Gasteiger partial charge < -0.3 is 15.4 Å². The van der Waals surface area contributed by atoms with Gasteiger partial charge in [-0.2, -0.15) is 0 Å². The van der Waals surface area contributed by atoms with Crippen LogP contribution in [-0.4, -0.2) is 18.2 Å². The maximum atomic E-state index is 12.2. The topological polar surface area (TPSA) is 67.4 Å². The quantitative estimate of drug-likeness (QED) is 0.731. The van der Waals surface area contributed by atoms with E-state index in [4.69, 9.17) is 27.9 Å². The number of hydrogen-bond acceptors (Lipinski definition) is 5. The number of rotatable bonds is 5. The van der Waals surface area contributed by atoms with Crippen molar-refractivity contribution in [1.82, 2.24) is 0 Å². The fourth-order valence-corrected chi connectivity index (χ4v) is 5.10. The monoisotopic (exact) mass is 408 g/mol. The zero-order valence-corrected chi connectivity index (χ0v) is 16.7. The predicted molar refractivity (Wildman–Crippen MR) is 109 cm³/mol. The smallest absolute Gasteiger partial charge is 0.253 e. The molecule has 27 heavy (non-hydrogen) atoms. The standard InChI is InChI=1S/C20H22Cl2N2O3/c1-11-8-12(21)9-14(22)13(11)10-23-16-17(19(26)18(16)25)24-15-4-2-5-20(15)6-3-7-27-20/h8-9,15,23-24H,2-7,10H2,1H3. The molecule has 1 aliphatic heterocycles. The van der Waals surface area contributed by atoms with E-state index in [0.717, 1.165) is 49.8 Å². The first-order valence-electron chi connectivity index (χ1n) is 9.33. The summed E-state index contributed by atoms with van der Waals surface area (Å²) < 4.78 is 6.02. The van der Waals surface area contributed by atoms with Crippen LogP contribution in [0.25, 0.3) is 0 Å². The molecule has 2 aliphatic rings. The number of hydrogen-bond donors (Lipinski definition) is 2. The van der Waals surface area contributed by atoms with Crippen LogP contribution in [0, 0.1) is 6.92 Å². The van der Waals surface area contributed by atoms with Gasteiger partial charge in [0.15, 0.2) is 0 Å². The van der Waals surface area contributed by atoms with E-state index in [2.05, 4.69) is 10.6 Å². The van der Waals surface area contributed by atoms with Gasteiger partial charge in [-0.15, -0.1) is 0 Å². The molecule has 0 aromatic heterocycles. The summed E-state index contributed by atoms with van der Waals surface area (Å²) in [6.45, 7) is 3.03. The lowest BCUT2D eigenvalue weighted by atomic mass is 9.93. The molecule has 2 N–H and O–H groups in total. The van der Waals surface area contributed by atoms with Gasteiger partial charge >= 0.3 is 0 Å². The average molecular weight is 409 g/mol. The van der Waals surface area contributed by atoms with E-state index in [1.165, 1.54) is 0 Å². The molecule has 0 amide bonds. The Morgan fingerprint density at radius 1 is 1.15 bits per heavy atom. The Morgan fingerprint density at radius 2 is 1.89 bits per heavy atom. The fourth-order valence-electron chi connectivity index (χ4n) is 4.44. The zero-order valence-electron chi connectivity index (χ0n) is 15.2. The average Bonchev–Trinajstić information content (AvgIpc) is 3.26. The lowest BCUT2D eigenvalue weighted by Crippen LogP contribution is -2.46. The summed E-state index contributed by atoms with van der Waals surface area (Å²) in [5.41, 5.74) is 1.37. The summed E-state index contributed by atoms with van der Waals surface area (Å²) >= 11 is 12.3. The minimum absolute atomic E-state index is 0.0738. The molecule has 0 bridgehead atoms. The van der Waals surface area contributed by atoms with E-state index in [-0.39, 0.29) is 11.6 Å². The van der Waals surface area contributed by atoms with Crippen LogP contribution >= 0.6 is 23.2 Å². The molecule has 2 aromatic carbocycles. The molecule has 4 rings (SSSR count). The minimum Gasteiger partial charge on any atom is -0.376 e. The maximum absolute atomic E-state index is 12.2. The second-order valence-electron chi connectivity index (χ2n) is 7.55. The van der Waals surface area contributed by atoms with Crippen molar-refractivity contribution in [3.63, 3.8) is 0 Å². The van der Waals surface area contributed by atoms with Gasteiger partial charge in [-0.05, 0) is 62.3 Å². The molecule has 1 spiro atoms. The highest BCUT2D eigenvalue weighted by atomic mass is 35.5. The summed E-state index contributed by atoms with van der Waals surface area (Å²) in [6, 6.07) is 3.57. The van der Waals surface area contributed by atoms with Crippen LogP contribution in [-0.2, 0) is 11.3 Å². The van der Waals surface area contributed by atoms with Gasteiger partial charge in [0, 0.05) is 23.2 Å². The third-order valence-corrected chi connectivity index (χ3v) is 6.47. The second kappa shape index (κ2) is 7.12. The summed E-state index contributed by atoms with van der Waals surface area (Å²) in [5, 5.41) is 7.53. The summed E-state index contributed by atoms with van der Waals surface area (Å²) in [5.74, 6) is 0. The summed E-state index contributed by atoms with van der Waals surface area (Å²) in [4.78, 5) is 24.3. The van der Waals surface area contributed by atoms with Gasteiger partial charge in [-0.3, -0.25) is 9.59 Å². The fraction of sp³-hybridized carbons (Fsp3) is 0.500. The van der Waals surface area contributed by atoms with Gasteiger partial charge in [0.05, 0.1) is 11.6 Å². The van der Waals surface area contributed by atoms with Crippen molar-refractivity contribution in [3.8, 4) is 0 Å². The lowest BCUT2D eigenvalue weighted by Gasteiger charge is -2.32. The Kier molecular flexibility index (Phi) is 4.95. The van der Waals surface area contributed by atoms with Crippen LogP contribution in [0.2, 0.25) is 10.0 Å². The van der Waals surface area contributed by atoms with E-state index >= 15 is 0 Å². The molecule has 5 nitrogen and oxygen atoms in total. The number of nitrogens with one attached hydrogen (secondary N) is 2. The summed E-state index contributed by atoms with van der Waals surface area (Å²) in [6.07, 6.45) is 5.06. The molecule has 1 heterocycles. The number of aryl methyl sites for hydroxylation is 1. The number of halogens is 2. The first-order chi connectivity index (χ1) is 12.9. The van der Waals surface area contributed by atoms with Crippen LogP contribution in [0.15, 0.2) is 21.7 Å². The molecule has 7 heteroatoms. The molecular weight excluding hydrogens is 387 g/mol. The van der Waals surface area contributed by atoms with Crippen LogP contribution in [0.1, 0.15) is 43.2 Å². The van der Waals surface area contributed by atoms with Crippen molar-refractivity contribution in [2.24, 2.45) is 0 Å². The Morgan fingerprint density at radius 3 is 2.59 bits per heavy atom. The Hall–Kier alpha value is -1.56. The number of ether oxygens (including phenoxy) is 1. The van der Waals surface area contributed by atoms with E-state index in [1.807, 2.05) is 13.0 Å². The Bertz CT molecular complexity index is 915. The van der Waals surface area contributed by atoms with E-state index in [1.54, 1.807) is 6.07 Å². The zero-order chi connectivity index (χ0) is 19.2. The predicted octanol–water partition coefficient (Wildman–Crippen LogP) is 4.02. The van der Waals surface area contributed by atoms with Gasteiger partial charge in [-0.25, -0.2) is 0 Å². The molecule has 0 radical (unpaired) electrons. The molecule has 2 atom stereocenters. The van der Waals surface area contributed by atoms with Gasteiger partial charge in [0.2, 0.25) is 0 Å². The minimum atomic E-state index is -0.486.